The molecule has 2 aliphatic heterocycles. The summed E-state index contributed by atoms with van der Waals surface area (Å²) in [5, 5.41) is 14.2. The minimum atomic E-state index is -1.07. The molecule has 0 saturated carbocycles. The number of likely N-dealkylation sites (tertiary alicyclic amines) is 2. The van der Waals surface area contributed by atoms with Crippen molar-refractivity contribution < 1.29 is 24.3 Å². The van der Waals surface area contributed by atoms with Crippen LogP contribution in [0.2, 0.25) is 0 Å². The number of aromatic hydroxyl groups is 1. The molecule has 6 N–H and O–H groups in total. The van der Waals surface area contributed by atoms with Gasteiger partial charge in [-0.25, -0.2) is 0 Å². The number of carbonyl (C=O) groups excluding carboxylic acids is 4. The molecule has 3 aromatic rings. The Kier molecular flexibility index (Phi) is 8.21. The number of benzene rings is 3. The molecule has 3 aromatic carbocycles. The SMILES string of the molecule is NC(=O)[C@@H]1CCCN1C(=O)[C@H](NC(=O)[C@@H]1CCCN1C(=O)[C@@H](N)Cc1ccc(O)cc1)c1cccc2ccccc12. The Bertz CT molecular complexity index is 1450. The van der Waals surface area contributed by atoms with Crippen molar-refractivity contribution in [2.45, 2.75) is 56.3 Å². The predicted molar refractivity (Wildman–Crippen MR) is 153 cm³/mol. The second kappa shape index (κ2) is 12.0. The summed E-state index contributed by atoms with van der Waals surface area (Å²) in [5.74, 6) is -1.66. The van der Waals surface area contributed by atoms with Crippen LogP contribution in [0.3, 0.4) is 0 Å². The molecular weight excluding hydrogens is 522 g/mol. The maximum atomic E-state index is 14.0. The Morgan fingerprint density at radius 3 is 2.20 bits per heavy atom. The molecule has 10 heteroatoms. The van der Waals surface area contributed by atoms with Crippen LogP contribution in [0.1, 0.15) is 42.9 Å². The number of hydrogen-bond donors (Lipinski definition) is 4. The minimum absolute atomic E-state index is 0.122. The van der Waals surface area contributed by atoms with Gasteiger partial charge in [0.25, 0.3) is 5.91 Å². The maximum absolute atomic E-state index is 14.0. The third-order valence-electron chi connectivity index (χ3n) is 8.08. The van der Waals surface area contributed by atoms with Crippen molar-refractivity contribution in [3.05, 3.63) is 77.9 Å². The number of nitrogens with two attached hydrogens (primary N) is 2. The number of carbonyl (C=O) groups is 4. The maximum Gasteiger partial charge on any atom is 0.250 e. The summed E-state index contributed by atoms with van der Waals surface area (Å²) < 4.78 is 0. The Balaban J connectivity index is 1.40. The van der Waals surface area contributed by atoms with Crippen LogP contribution in [0.15, 0.2) is 66.7 Å². The van der Waals surface area contributed by atoms with Crippen molar-refractivity contribution in [2.75, 3.05) is 13.1 Å². The number of fused-ring (bicyclic) bond motifs is 1. The number of phenols is 1. The van der Waals surface area contributed by atoms with Crippen molar-refractivity contribution >= 4 is 34.4 Å². The molecule has 0 unspecified atom stereocenters. The van der Waals surface area contributed by atoms with Crippen LogP contribution < -0.4 is 16.8 Å². The third-order valence-corrected chi connectivity index (χ3v) is 8.08. The van der Waals surface area contributed by atoms with E-state index in [0.717, 1.165) is 16.3 Å². The summed E-state index contributed by atoms with van der Waals surface area (Å²) in [6.45, 7) is 0.743. The zero-order chi connectivity index (χ0) is 29.1. The highest BCUT2D eigenvalue weighted by molar-refractivity contribution is 5.98. The van der Waals surface area contributed by atoms with Gasteiger partial charge in [-0.05, 0) is 66.1 Å². The first-order chi connectivity index (χ1) is 19.7. The Morgan fingerprint density at radius 1 is 0.854 bits per heavy atom. The number of primary amides is 1. The summed E-state index contributed by atoms with van der Waals surface area (Å²) in [6.07, 6.45) is 2.43. The molecule has 2 aliphatic rings. The molecule has 0 radical (unpaired) electrons. The monoisotopic (exact) mass is 557 g/mol. The predicted octanol–water partition coefficient (Wildman–Crippen LogP) is 1.74. The van der Waals surface area contributed by atoms with Crippen molar-refractivity contribution in [2.24, 2.45) is 11.5 Å². The van der Waals surface area contributed by atoms with E-state index in [4.69, 9.17) is 11.5 Å². The fourth-order valence-electron chi connectivity index (χ4n) is 5.99. The van der Waals surface area contributed by atoms with Gasteiger partial charge in [-0.3, -0.25) is 19.2 Å². The molecule has 5 rings (SSSR count). The van der Waals surface area contributed by atoms with Crippen molar-refractivity contribution in [3.63, 3.8) is 0 Å². The smallest absolute Gasteiger partial charge is 0.250 e. The van der Waals surface area contributed by atoms with Crippen LogP contribution in [-0.4, -0.2) is 69.8 Å². The normalized spacial score (nSPS) is 20.1. The van der Waals surface area contributed by atoms with Gasteiger partial charge in [0.1, 0.15) is 23.9 Å². The molecule has 41 heavy (non-hydrogen) atoms. The summed E-state index contributed by atoms with van der Waals surface area (Å²) in [5.41, 5.74) is 13.3. The summed E-state index contributed by atoms with van der Waals surface area (Å²) in [4.78, 5) is 56.2. The zero-order valence-electron chi connectivity index (χ0n) is 22.7. The topological polar surface area (TPSA) is 159 Å². The van der Waals surface area contributed by atoms with Crippen LogP contribution >= 0.6 is 0 Å². The molecule has 4 amide bonds. The van der Waals surface area contributed by atoms with Gasteiger partial charge >= 0.3 is 0 Å². The Morgan fingerprint density at radius 2 is 1.49 bits per heavy atom. The van der Waals surface area contributed by atoms with E-state index in [0.29, 0.717) is 44.3 Å². The van der Waals surface area contributed by atoms with E-state index < -0.39 is 41.9 Å². The number of rotatable bonds is 8. The van der Waals surface area contributed by atoms with Gasteiger partial charge < -0.3 is 31.7 Å². The fraction of sp³-hybridized carbons (Fsp3) is 0.355. The number of nitrogens with one attached hydrogen (secondary N) is 1. The largest absolute Gasteiger partial charge is 0.508 e. The highest BCUT2D eigenvalue weighted by Crippen LogP contribution is 2.30. The van der Waals surface area contributed by atoms with Crippen molar-refractivity contribution in [1.82, 2.24) is 15.1 Å². The quantitative estimate of drug-likeness (QED) is 0.330. The molecule has 2 saturated heterocycles. The van der Waals surface area contributed by atoms with Crippen LogP contribution in [0.4, 0.5) is 0 Å². The van der Waals surface area contributed by atoms with Gasteiger partial charge in [0.15, 0.2) is 0 Å². The van der Waals surface area contributed by atoms with E-state index in [1.807, 2.05) is 36.4 Å². The molecule has 0 bridgehead atoms. The van der Waals surface area contributed by atoms with E-state index in [-0.39, 0.29) is 18.1 Å². The van der Waals surface area contributed by atoms with Gasteiger partial charge in [0, 0.05) is 13.1 Å². The minimum Gasteiger partial charge on any atom is -0.508 e. The van der Waals surface area contributed by atoms with E-state index in [9.17, 15) is 24.3 Å². The molecular formula is C31H35N5O5. The summed E-state index contributed by atoms with van der Waals surface area (Å²) in [6, 6.07) is 16.1. The first kappa shape index (κ1) is 28.1. The van der Waals surface area contributed by atoms with E-state index in [2.05, 4.69) is 5.32 Å². The van der Waals surface area contributed by atoms with Gasteiger partial charge in [0.2, 0.25) is 17.7 Å². The zero-order valence-corrected chi connectivity index (χ0v) is 22.7. The van der Waals surface area contributed by atoms with Crippen LogP contribution in [0.5, 0.6) is 5.75 Å². The molecule has 4 atom stereocenters. The van der Waals surface area contributed by atoms with Gasteiger partial charge in [-0.1, -0.05) is 54.6 Å². The molecule has 10 nitrogen and oxygen atoms in total. The number of amides is 4. The molecule has 0 aromatic heterocycles. The lowest BCUT2D eigenvalue weighted by Gasteiger charge is -2.31. The molecule has 2 fully saturated rings. The van der Waals surface area contributed by atoms with E-state index in [1.54, 1.807) is 18.2 Å². The molecule has 214 valence electrons. The number of nitrogens with zero attached hydrogens (tertiary/aromatic N) is 2. The first-order valence-electron chi connectivity index (χ1n) is 14.0. The van der Waals surface area contributed by atoms with Crippen LogP contribution in [0, 0.1) is 0 Å². The lowest BCUT2D eigenvalue weighted by molar-refractivity contribution is -0.143. The summed E-state index contributed by atoms with van der Waals surface area (Å²) >= 11 is 0. The second-order valence-electron chi connectivity index (χ2n) is 10.8. The van der Waals surface area contributed by atoms with Gasteiger partial charge in [0.05, 0.1) is 6.04 Å². The number of phenolic OH excluding ortho intramolecular Hbond substituents is 1. The lowest BCUT2D eigenvalue weighted by atomic mass is 9.97. The second-order valence-corrected chi connectivity index (χ2v) is 10.8. The Labute approximate surface area is 238 Å². The van der Waals surface area contributed by atoms with Crippen LogP contribution in [-0.2, 0) is 25.6 Å². The average molecular weight is 558 g/mol. The van der Waals surface area contributed by atoms with Crippen molar-refractivity contribution in [3.8, 4) is 5.75 Å². The number of hydrogen-bond acceptors (Lipinski definition) is 6. The first-order valence-corrected chi connectivity index (χ1v) is 14.0. The molecule has 2 heterocycles. The Hall–Kier alpha value is -4.44. The third kappa shape index (κ3) is 5.88. The lowest BCUT2D eigenvalue weighted by Crippen LogP contribution is -2.54. The van der Waals surface area contributed by atoms with Gasteiger partial charge in [-0.2, -0.15) is 0 Å². The average Bonchev–Trinajstić information content (AvgIpc) is 3.67. The van der Waals surface area contributed by atoms with E-state index in [1.165, 1.54) is 21.9 Å². The van der Waals surface area contributed by atoms with Gasteiger partial charge in [-0.15, -0.1) is 0 Å². The highest BCUT2D eigenvalue weighted by atomic mass is 16.3. The summed E-state index contributed by atoms with van der Waals surface area (Å²) in [7, 11) is 0. The highest BCUT2D eigenvalue weighted by Gasteiger charge is 2.41. The van der Waals surface area contributed by atoms with E-state index >= 15 is 0 Å². The standard InChI is InChI=1S/C31H35N5O5/c32-24(18-19-12-14-21(37)15-13-19)30(40)36-17-5-11-26(36)29(39)34-27(31(41)35-16-4-10-25(35)28(33)38)23-9-3-7-20-6-1-2-8-22(20)23/h1-3,6-9,12-15,24-27,37H,4-5,10-11,16-18,32H2,(H2,33,38)(H,34,39)/t24-,25-,26-,27+/m0/s1. The van der Waals surface area contributed by atoms with Crippen LogP contribution in [0.25, 0.3) is 10.8 Å². The molecule has 0 aliphatic carbocycles. The molecule has 0 spiro atoms. The fourth-order valence-corrected chi connectivity index (χ4v) is 5.99. The van der Waals surface area contributed by atoms with Crippen molar-refractivity contribution in [1.29, 1.82) is 0 Å².